The number of ketones is 1. The van der Waals surface area contributed by atoms with Crippen LogP contribution in [0.2, 0.25) is 0 Å². The molecule has 0 aromatic heterocycles. The molecule has 0 spiro atoms. The van der Waals surface area contributed by atoms with E-state index in [9.17, 15) is 26.4 Å². The summed E-state index contributed by atoms with van der Waals surface area (Å²) in [5.74, 6) is -0.0837. The molecule has 0 unspecified atom stereocenters. The Bertz CT molecular complexity index is 1670. The average molecular weight is 550 g/mol. The molecule has 194 valence electrons. The summed E-state index contributed by atoms with van der Waals surface area (Å²) in [5.41, 5.74) is 1.60. The zero-order valence-electron chi connectivity index (χ0n) is 20.1. The standard InChI is InChI=1S/C27H23N3O6S2/c1-19(31)20-7-9-21(10-8-20)28-27(32)29-22-11-15-24(16-12-22)37(33,34)25-17-13-23(14-18-25)30-38(35,36)26-5-3-2-4-6-26/h2-18,30H,1H3,(H2,28,29,32). The minimum atomic E-state index is -3.89. The second-order valence-corrected chi connectivity index (χ2v) is 11.8. The molecule has 4 aromatic carbocycles. The van der Waals surface area contributed by atoms with Crippen LogP contribution in [0.1, 0.15) is 17.3 Å². The lowest BCUT2D eigenvalue weighted by atomic mass is 10.1. The summed E-state index contributed by atoms with van der Waals surface area (Å²) in [4.78, 5) is 23.7. The maximum absolute atomic E-state index is 13.0. The van der Waals surface area contributed by atoms with Gasteiger partial charge in [-0.25, -0.2) is 21.6 Å². The van der Waals surface area contributed by atoms with Crippen LogP contribution in [0.4, 0.5) is 21.9 Å². The molecule has 0 aliphatic carbocycles. The molecule has 0 fully saturated rings. The van der Waals surface area contributed by atoms with Crippen molar-refractivity contribution in [2.75, 3.05) is 15.4 Å². The second-order valence-electron chi connectivity index (χ2n) is 8.18. The third-order valence-electron chi connectivity index (χ3n) is 5.44. The van der Waals surface area contributed by atoms with Crippen LogP contribution in [-0.4, -0.2) is 28.6 Å². The van der Waals surface area contributed by atoms with Gasteiger partial charge in [-0.05, 0) is 91.9 Å². The lowest BCUT2D eigenvalue weighted by molar-refractivity contribution is 0.101. The van der Waals surface area contributed by atoms with E-state index in [1.165, 1.54) is 67.6 Å². The van der Waals surface area contributed by atoms with Gasteiger partial charge in [-0.1, -0.05) is 18.2 Å². The van der Waals surface area contributed by atoms with E-state index in [0.717, 1.165) is 0 Å². The number of anilines is 3. The Morgan fingerprint density at radius 3 is 1.47 bits per heavy atom. The van der Waals surface area contributed by atoms with Crippen LogP contribution in [0.25, 0.3) is 0 Å². The van der Waals surface area contributed by atoms with Crippen LogP contribution in [0.15, 0.2) is 118 Å². The molecule has 4 rings (SSSR count). The molecule has 0 aliphatic rings. The summed E-state index contributed by atoms with van der Waals surface area (Å²) in [6.45, 7) is 1.45. The molecular weight excluding hydrogens is 526 g/mol. The molecule has 0 saturated carbocycles. The van der Waals surface area contributed by atoms with Gasteiger partial charge in [0.1, 0.15) is 0 Å². The summed E-state index contributed by atoms with van der Waals surface area (Å²) in [6.07, 6.45) is 0. The Balaban J connectivity index is 1.41. The van der Waals surface area contributed by atoms with Crippen LogP contribution < -0.4 is 15.4 Å². The fraction of sp³-hybridized carbons (Fsp3) is 0.0370. The SMILES string of the molecule is CC(=O)c1ccc(NC(=O)Nc2ccc(S(=O)(=O)c3ccc(NS(=O)(=O)c4ccccc4)cc3)cc2)cc1. The van der Waals surface area contributed by atoms with E-state index >= 15 is 0 Å². The molecule has 0 heterocycles. The first-order valence-electron chi connectivity index (χ1n) is 11.3. The van der Waals surface area contributed by atoms with Gasteiger partial charge in [-0.3, -0.25) is 9.52 Å². The Morgan fingerprint density at radius 1 is 0.553 bits per heavy atom. The lowest BCUT2D eigenvalue weighted by Crippen LogP contribution is -2.19. The van der Waals surface area contributed by atoms with Crippen LogP contribution in [-0.2, 0) is 19.9 Å². The van der Waals surface area contributed by atoms with E-state index in [1.807, 2.05) is 0 Å². The highest BCUT2D eigenvalue weighted by Gasteiger charge is 2.19. The van der Waals surface area contributed by atoms with Crippen molar-refractivity contribution in [3.63, 3.8) is 0 Å². The van der Waals surface area contributed by atoms with Gasteiger partial charge in [0.25, 0.3) is 10.0 Å². The number of rotatable bonds is 8. The lowest BCUT2D eigenvalue weighted by Gasteiger charge is -2.10. The fourth-order valence-corrected chi connectivity index (χ4v) is 5.79. The van der Waals surface area contributed by atoms with Gasteiger partial charge < -0.3 is 10.6 Å². The van der Waals surface area contributed by atoms with Crippen molar-refractivity contribution < 1.29 is 26.4 Å². The van der Waals surface area contributed by atoms with E-state index in [-0.39, 0.29) is 26.2 Å². The predicted octanol–water partition coefficient (Wildman–Crippen LogP) is 5.17. The Kier molecular flexibility index (Phi) is 7.60. The molecular formula is C27H23N3O6S2. The number of hydrogen-bond donors (Lipinski definition) is 3. The van der Waals surface area contributed by atoms with Gasteiger partial charge in [-0.15, -0.1) is 0 Å². The summed E-state index contributed by atoms with van der Waals surface area (Å²) >= 11 is 0. The Morgan fingerprint density at radius 2 is 1.00 bits per heavy atom. The van der Waals surface area contributed by atoms with E-state index in [2.05, 4.69) is 15.4 Å². The first kappa shape index (κ1) is 26.6. The molecule has 0 aliphatic heterocycles. The number of urea groups is 1. The molecule has 3 N–H and O–H groups in total. The zero-order valence-corrected chi connectivity index (χ0v) is 21.7. The van der Waals surface area contributed by atoms with Crippen molar-refractivity contribution in [3.8, 4) is 0 Å². The largest absolute Gasteiger partial charge is 0.323 e. The Labute approximate surface area is 220 Å². The van der Waals surface area contributed by atoms with Gasteiger partial charge in [0.15, 0.2) is 5.78 Å². The maximum atomic E-state index is 13.0. The van der Waals surface area contributed by atoms with Gasteiger partial charge in [0.05, 0.1) is 14.7 Å². The first-order valence-corrected chi connectivity index (χ1v) is 14.2. The fourth-order valence-electron chi connectivity index (χ4n) is 3.45. The van der Waals surface area contributed by atoms with Crippen LogP contribution in [0.3, 0.4) is 0 Å². The van der Waals surface area contributed by atoms with Crippen molar-refractivity contribution in [2.45, 2.75) is 21.6 Å². The maximum Gasteiger partial charge on any atom is 0.323 e. The molecule has 0 radical (unpaired) electrons. The molecule has 0 saturated heterocycles. The number of benzene rings is 4. The molecule has 4 aromatic rings. The normalized spacial score (nSPS) is 11.4. The van der Waals surface area contributed by atoms with Crippen molar-refractivity contribution in [1.82, 2.24) is 0 Å². The van der Waals surface area contributed by atoms with E-state index in [1.54, 1.807) is 42.5 Å². The predicted molar refractivity (Wildman–Crippen MR) is 145 cm³/mol. The topological polar surface area (TPSA) is 139 Å². The van der Waals surface area contributed by atoms with E-state index < -0.39 is 25.9 Å². The summed E-state index contributed by atoms with van der Waals surface area (Å²) in [7, 11) is -7.70. The molecule has 11 heteroatoms. The summed E-state index contributed by atoms with van der Waals surface area (Å²) in [5, 5.41) is 5.24. The Hall–Kier alpha value is -4.48. The first-order chi connectivity index (χ1) is 18.0. The van der Waals surface area contributed by atoms with Crippen molar-refractivity contribution in [2.24, 2.45) is 0 Å². The highest BCUT2D eigenvalue weighted by Crippen LogP contribution is 2.25. The van der Waals surface area contributed by atoms with Gasteiger partial charge in [0.2, 0.25) is 9.84 Å². The highest BCUT2D eigenvalue weighted by atomic mass is 32.2. The number of amides is 2. The number of carbonyl (C=O) groups excluding carboxylic acids is 2. The number of sulfone groups is 1. The van der Waals surface area contributed by atoms with E-state index in [0.29, 0.717) is 16.9 Å². The van der Waals surface area contributed by atoms with Crippen molar-refractivity contribution in [3.05, 3.63) is 109 Å². The number of nitrogens with one attached hydrogen (secondary N) is 3. The minimum Gasteiger partial charge on any atom is -0.308 e. The number of Topliss-reactive ketones (excluding diaryl/α,β-unsaturated/α-hetero) is 1. The summed E-state index contributed by atoms with van der Waals surface area (Å²) in [6, 6.07) is 24.7. The van der Waals surface area contributed by atoms with Gasteiger partial charge in [0, 0.05) is 22.6 Å². The van der Waals surface area contributed by atoms with Crippen molar-refractivity contribution in [1.29, 1.82) is 0 Å². The third kappa shape index (κ3) is 6.25. The van der Waals surface area contributed by atoms with Crippen LogP contribution >= 0.6 is 0 Å². The monoisotopic (exact) mass is 549 g/mol. The van der Waals surface area contributed by atoms with Crippen LogP contribution in [0.5, 0.6) is 0 Å². The average Bonchev–Trinajstić information content (AvgIpc) is 2.90. The van der Waals surface area contributed by atoms with Crippen molar-refractivity contribution >= 4 is 48.7 Å². The van der Waals surface area contributed by atoms with Gasteiger partial charge in [-0.2, -0.15) is 0 Å². The van der Waals surface area contributed by atoms with E-state index in [4.69, 9.17) is 0 Å². The minimum absolute atomic E-state index is 0.000830. The molecule has 9 nitrogen and oxygen atoms in total. The third-order valence-corrected chi connectivity index (χ3v) is 8.62. The van der Waals surface area contributed by atoms with Crippen LogP contribution in [0, 0.1) is 0 Å². The quantitative estimate of drug-likeness (QED) is 0.259. The molecule has 2 amide bonds. The number of carbonyl (C=O) groups is 2. The smallest absolute Gasteiger partial charge is 0.308 e. The molecule has 0 bridgehead atoms. The van der Waals surface area contributed by atoms with Gasteiger partial charge >= 0.3 is 6.03 Å². The zero-order chi connectivity index (χ0) is 27.3. The number of sulfonamides is 1. The molecule has 38 heavy (non-hydrogen) atoms. The highest BCUT2D eigenvalue weighted by molar-refractivity contribution is 7.92. The second kappa shape index (κ2) is 10.9. The molecule has 0 atom stereocenters. The number of hydrogen-bond acceptors (Lipinski definition) is 6. The summed E-state index contributed by atoms with van der Waals surface area (Å²) < 4.78 is 53.5.